The number of hydrogen-bond donors (Lipinski definition) is 0. The summed E-state index contributed by atoms with van der Waals surface area (Å²) in [7, 11) is 0. The Morgan fingerprint density at radius 3 is 2.33 bits per heavy atom. The Balaban J connectivity index is 2.30. The largest absolute Gasteiger partial charge is 0.355 e. The van der Waals surface area contributed by atoms with E-state index < -0.39 is 0 Å². The quantitative estimate of drug-likeness (QED) is 0.688. The Kier molecular flexibility index (Phi) is 2.38. The van der Waals surface area contributed by atoms with Crippen molar-refractivity contribution in [3.05, 3.63) is 16.5 Å². The molecule has 2 rings (SSSR count). The molecule has 3 nitrogen and oxygen atoms in total. The normalized spacial score (nSPS) is 18.9. The lowest BCUT2D eigenvalue weighted by Crippen LogP contribution is -2.53. The highest BCUT2D eigenvalue weighted by Crippen LogP contribution is 2.35. The number of rotatable bonds is 1. The topological polar surface area (TPSA) is 29.0 Å². The standard InChI is InChI=1S/C11H16ClN3/c1-7-9(12)13-8(2)14-10(7)15-5-11(3,4)6-15/h5-6H2,1-4H3. The second-order valence-electron chi connectivity index (χ2n) is 5.03. The molecule has 1 aliphatic rings. The van der Waals surface area contributed by atoms with Crippen molar-refractivity contribution < 1.29 is 0 Å². The summed E-state index contributed by atoms with van der Waals surface area (Å²) in [5, 5.41) is 0.571. The van der Waals surface area contributed by atoms with E-state index in [1.165, 1.54) is 0 Å². The van der Waals surface area contributed by atoms with Gasteiger partial charge in [0.1, 0.15) is 16.8 Å². The van der Waals surface area contributed by atoms with Crippen molar-refractivity contribution in [1.29, 1.82) is 0 Å². The molecule has 0 aliphatic carbocycles. The van der Waals surface area contributed by atoms with Gasteiger partial charge in [-0.2, -0.15) is 0 Å². The molecule has 0 amide bonds. The van der Waals surface area contributed by atoms with Gasteiger partial charge in [-0.15, -0.1) is 0 Å². The summed E-state index contributed by atoms with van der Waals surface area (Å²) in [4.78, 5) is 10.8. The van der Waals surface area contributed by atoms with Gasteiger partial charge < -0.3 is 4.90 Å². The lowest BCUT2D eigenvalue weighted by Gasteiger charge is -2.47. The molecule has 0 saturated carbocycles. The zero-order valence-electron chi connectivity index (χ0n) is 9.63. The lowest BCUT2D eigenvalue weighted by molar-refractivity contribution is 0.274. The van der Waals surface area contributed by atoms with Crippen molar-refractivity contribution in [1.82, 2.24) is 9.97 Å². The molecule has 0 spiro atoms. The van der Waals surface area contributed by atoms with Crippen molar-refractivity contribution in [2.45, 2.75) is 27.7 Å². The third-order valence-electron chi connectivity index (χ3n) is 2.71. The number of halogens is 1. The number of aromatic nitrogens is 2. The van der Waals surface area contributed by atoms with Gasteiger partial charge in [0.25, 0.3) is 0 Å². The smallest absolute Gasteiger partial charge is 0.137 e. The Labute approximate surface area is 95.5 Å². The van der Waals surface area contributed by atoms with E-state index in [0.29, 0.717) is 10.6 Å². The molecule has 4 heteroatoms. The molecule has 0 atom stereocenters. The maximum Gasteiger partial charge on any atom is 0.137 e. The first-order valence-electron chi connectivity index (χ1n) is 5.15. The summed E-state index contributed by atoms with van der Waals surface area (Å²) in [5.41, 5.74) is 1.38. The van der Waals surface area contributed by atoms with Crippen molar-refractivity contribution in [2.24, 2.45) is 5.41 Å². The van der Waals surface area contributed by atoms with Crippen LogP contribution in [0.25, 0.3) is 0 Å². The second kappa shape index (κ2) is 3.34. The minimum absolute atomic E-state index is 0.401. The number of nitrogens with zero attached hydrogens (tertiary/aromatic N) is 3. The van der Waals surface area contributed by atoms with Crippen LogP contribution >= 0.6 is 11.6 Å². The highest BCUT2D eigenvalue weighted by molar-refractivity contribution is 6.30. The van der Waals surface area contributed by atoms with E-state index >= 15 is 0 Å². The van der Waals surface area contributed by atoms with Crippen LogP contribution in [0.3, 0.4) is 0 Å². The highest BCUT2D eigenvalue weighted by atomic mass is 35.5. The third-order valence-corrected chi connectivity index (χ3v) is 3.08. The number of anilines is 1. The van der Waals surface area contributed by atoms with Crippen LogP contribution in [-0.4, -0.2) is 23.1 Å². The molecule has 1 fully saturated rings. The Morgan fingerprint density at radius 2 is 1.80 bits per heavy atom. The predicted octanol–water partition coefficient (Wildman–Crippen LogP) is 2.59. The van der Waals surface area contributed by atoms with Crippen LogP contribution in [0, 0.1) is 19.3 Å². The molecular formula is C11H16ClN3. The summed E-state index contributed by atoms with van der Waals surface area (Å²) in [6.45, 7) is 10.5. The van der Waals surface area contributed by atoms with Crippen LogP contribution in [0.2, 0.25) is 5.15 Å². The zero-order valence-corrected chi connectivity index (χ0v) is 10.4. The summed E-state index contributed by atoms with van der Waals surface area (Å²) >= 11 is 6.04. The van der Waals surface area contributed by atoms with Gasteiger partial charge in [0.05, 0.1) is 0 Å². The molecule has 0 aromatic carbocycles. The van der Waals surface area contributed by atoms with Crippen LogP contribution in [-0.2, 0) is 0 Å². The van der Waals surface area contributed by atoms with Gasteiger partial charge in [-0.1, -0.05) is 25.4 Å². The number of hydrogen-bond acceptors (Lipinski definition) is 3. The molecule has 82 valence electrons. The fourth-order valence-corrected chi connectivity index (χ4v) is 2.23. The van der Waals surface area contributed by atoms with Crippen molar-refractivity contribution in [2.75, 3.05) is 18.0 Å². The van der Waals surface area contributed by atoms with E-state index in [2.05, 4.69) is 28.7 Å². The molecular weight excluding hydrogens is 210 g/mol. The Bertz CT molecular complexity index is 393. The van der Waals surface area contributed by atoms with Crippen LogP contribution in [0.1, 0.15) is 25.2 Å². The molecule has 0 bridgehead atoms. The minimum atomic E-state index is 0.401. The van der Waals surface area contributed by atoms with Gasteiger partial charge in [0.2, 0.25) is 0 Å². The third kappa shape index (κ3) is 1.93. The highest BCUT2D eigenvalue weighted by Gasteiger charge is 2.35. The van der Waals surface area contributed by atoms with Crippen LogP contribution < -0.4 is 4.90 Å². The van der Waals surface area contributed by atoms with Crippen molar-refractivity contribution in [3.63, 3.8) is 0 Å². The predicted molar refractivity (Wildman–Crippen MR) is 62.5 cm³/mol. The van der Waals surface area contributed by atoms with Gasteiger partial charge in [0, 0.05) is 18.7 Å². The molecule has 15 heavy (non-hydrogen) atoms. The van der Waals surface area contributed by atoms with E-state index in [0.717, 1.165) is 30.3 Å². The van der Waals surface area contributed by atoms with Gasteiger partial charge >= 0.3 is 0 Å². The summed E-state index contributed by atoms with van der Waals surface area (Å²) < 4.78 is 0. The second-order valence-corrected chi connectivity index (χ2v) is 5.39. The minimum Gasteiger partial charge on any atom is -0.355 e. The Morgan fingerprint density at radius 1 is 1.20 bits per heavy atom. The van der Waals surface area contributed by atoms with E-state index in [1.54, 1.807) is 0 Å². The molecule has 1 aromatic rings. The monoisotopic (exact) mass is 225 g/mol. The average Bonchev–Trinajstić information content (AvgIpc) is 2.07. The summed E-state index contributed by atoms with van der Waals surface area (Å²) in [6, 6.07) is 0. The van der Waals surface area contributed by atoms with Crippen molar-refractivity contribution >= 4 is 17.4 Å². The molecule has 1 saturated heterocycles. The van der Waals surface area contributed by atoms with Gasteiger partial charge in [-0.25, -0.2) is 9.97 Å². The first kappa shape index (κ1) is 10.7. The molecule has 1 aliphatic heterocycles. The summed E-state index contributed by atoms with van der Waals surface area (Å²) in [5.74, 6) is 1.73. The molecule has 0 N–H and O–H groups in total. The maximum atomic E-state index is 6.04. The molecule has 0 radical (unpaired) electrons. The first-order valence-corrected chi connectivity index (χ1v) is 5.52. The van der Waals surface area contributed by atoms with E-state index in [9.17, 15) is 0 Å². The fraction of sp³-hybridized carbons (Fsp3) is 0.636. The Hall–Kier alpha value is -0.830. The average molecular weight is 226 g/mol. The van der Waals surface area contributed by atoms with Crippen LogP contribution in [0.5, 0.6) is 0 Å². The number of aryl methyl sites for hydroxylation is 1. The van der Waals surface area contributed by atoms with Crippen LogP contribution in [0.15, 0.2) is 0 Å². The molecule has 1 aromatic heterocycles. The van der Waals surface area contributed by atoms with Crippen LogP contribution in [0.4, 0.5) is 5.82 Å². The van der Waals surface area contributed by atoms with E-state index in [4.69, 9.17) is 11.6 Å². The maximum absolute atomic E-state index is 6.04. The van der Waals surface area contributed by atoms with Gasteiger partial charge in [-0.3, -0.25) is 0 Å². The SMILES string of the molecule is Cc1nc(Cl)c(C)c(N2CC(C)(C)C2)n1. The molecule has 0 unspecified atom stereocenters. The molecule has 2 heterocycles. The fourth-order valence-electron chi connectivity index (χ4n) is 2.02. The van der Waals surface area contributed by atoms with Gasteiger partial charge in [0.15, 0.2) is 0 Å². The first-order chi connectivity index (χ1) is 6.89. The summed E-state index contributed by atoms with van der Waals surface area (Å²) in [6.07, 6.45) is 0. The van der Waals surface area contributed by atoms with Gasteiger partial charge in [-0.05, 0) is 19.3 Å². The van der Waals surface area contributed by atoms with E-state index in [-0.39, 0.29) is 0 Å². The van der Waals surface area contributed by atoms with Crippen molar-refractivity contribution in [3.8, 4) is 0 Å². The van der Waals surface area contributed by atoms with E-state index in [1.807, 2.05) is 13.8 Å². The lowest BCUT2D eigenvalue weighted by atomic mass is 9.84. The zero-order chi connectivity index (χ0) is 11.2.